The number of piperidine rings is 1. The molecule has 9 heteroatoms. The van der Waals surface area contributed by atoms with Gasteiger partial charge in [0.1, 0.15) is 11.6 Å². The third kappa shape index (κ3) is 5.42. The van der Waals surface area contributed by atoms with Gasteiger partial charge in [0.05, 0.1) is 31.1 Å². The van der Waals surface area contributed by atoms with Crippen molar-refractivity contribution in [1.82, 2.24) is 4.98 Å². The lowest BCUT2D eigenvalue weighted by atomic mass is 9.93. The minimum Gasteiger partial charge on any atom is -0.395 e. The standard InChI is InChI=1S/C25H33N5O3S/c31-14-17-34-28-19-4-5-20(21(18-19)29-10-8-25(6-7-25)9-11-29)24(32)27-22-2-1-3-23(26-22)30-12-15-33-16-13-30/h1-5,18,28,31H,6-17H2,(H,26,27,32). The maximum atomic E-state index is 13.4. The number of rotatable bonds is 8. The van der Waals surface area contributed by atoms with E-state index < -0.39 is 0 Å². The lowest BCUT2D eigenvalue weighted by Gasteiger charge is -2.35. The number of carbonyl (C=O) groups is 1. The van der Waals surface area contributed by atoms with Gasteiger partial charge in [-0.1, -0.05) is 18.0 Å². The first-order chi connectivity index (χ1) is 16.7. The maximum absolute atomic E-state index is 13.4. The van der Waals surface area contributed by atoms with Gasteiger partial charge in [0.2, 0.25) is 0 Å². The number of anilines is 4. The Labute approximate surface area is 205 Å². The van der Waals surface area contributed by atoms with E-state index in [4.69, 9.17) is 9.84 Å². The van der Waals surface area contributed by atoms with E-state index in [-0.39, 0.29) is 12.5 Å². The molecule has 3 N–H and O–H groups in total. The fraction of sp³-hybridized carbons (Fsp3) is 0.520. The van der Waals surface area contributed by atoms with Gasteiger partial charge in [-0.2, -0.15) is 0 Å². The van der Waals surface area contributed by atoms with E-state index in [1.54, 1.807) is 0 Å². The van der Waals surface area contributed by atoms with Gasteiger partial charge in [0.15, 0.2) is 0 Å². The van der Waals surface area contributed by atoms with Gasteiger partial charge < -0.3 is 29.7 Å². The van der Waals surface area contributed by atoms with Crippen LogP contribution in [0.15, 0.2) is 36.4 Å². The van der Waals surface area contributed by atoms with Crippen LogP contribution in [0, 0.1) is 5.41 Å². The first kappa shape index (κ1) is 23.3. The van der Waals surface area contributed by atoms with Crippen molar-refractivity contribution in [3.8, 4) is 0 Å². The molecule has 3 aliphatic rings. The summed E-state index contributed by atoms with van der Waals surface area (Å²) >= 11 is 1.46. The smallest absolute Gasteiger partial charge is 0.258 e. The fourth-order valence-electron chi connectivity index (χ4n) is 4.77. The van der Waals surface area contributed by atoms with Crippen molar-refractivity contribution in [3.05, 3.63) is 42.0 Å². The molecule has 2 saturated heterocycles. The summed E-state index contributed by atoms with van der Waals surface area (Å²) in [6.45, 7) is 5.04. The number of aromatic nitrogens is 1. The van der Waals surface area contributed by atoms with Gasteiger partial charge in [-0.25, -0.2) is 4.98 Å². The molecule has 0 atom stereocenters. The average Bonchev–Trinajstić information content (AvgIpc) is 3.64. The summed E-state index contributed by atoms with van der Waals surface area (Å²) in [5, 5.41) is 12.1. The monoisotopic (exact) mass is 483 g/mol. The van der Waals surface area contributed by atoms with E-state index in [0.717, 1.165) is 43.4 Å². The van der Waals surface area contributed by atoms with Crippen LogP contribution in [0.2, 0.25) is 0 Å². The summed E-state index contributed by atoms with van der Waals surface area (Å²) in [6.07, 6.45) is 5.07. The Bertz CT molecular complexity index is 1000. The number of pyridine rings is 1. The number of ether oxygens (including phenoxy) is 1. The van der Waals surface area contributed by atoms with Gasteiger partial charge in [0.25, 0.3) is 5.91 Å². The highest BCUT2D eigenvalue weighted by molar-refractivity contribution is 8.00. The van der Waals surface area contributed by atoms with Crippen molar-refractivity contribution >= 4 is 40.9 Å². The van der Waals surface area contributed by atoms with Crippen LogP contribution in [0.1, 0.15) is 36.0 Å². The number of morpholine rings is 1. The molecule has 8 nitrogen and oxygen atoms in total. The van der Waals surface area contributed by atoms with E-state index in [1.165, 1.54) is 37.6 Å². The summed E-state index contributed by atoms with van der Waals surface area (Å²) in [7, 11) is 0. The van der Waals surface area contributed by atoms with Crippen LogP contribution >= 0.6 is 11.9 Å². The second kappa shape index (κ2) is 10.4. The molecule has 0 unspecified atom stereocenters. The first-order valence-corrected chi connectivity index (χ1v) is 13.1. The molecule has 1 amide bonds. The molecule has 182 valence electrons. The van der Waals surface area contributed by atoms with Crippen LogP contribution in [0.25, 0.3) is 0 Å². The van der Waals surface area contributed by atoms with Crippen LogP contribution in [0.4, 0.5) is 23.0 Å². The molecule has 1 saturated carbocycles. The normalized spacial score (nSPS) is 19.2. The van der Waals surface area contributed by atoms with E-state index in [0.29, 0.717) is 35.8 Å². The number of benzene rings is 1. The minimum atomic E-state index is -0.150. The number of hydrogen-bond acceptors (Lipinski definition) is 8. The molecule has 2 aliphatic heterocycles. The number of amides is 1. The predicted molar refractivity (Wildman–Crippen MR) is 138 cm³/mol. The highest BCUT2D eigenvalue weighted by atomic mass is 32.2. The van der Waals surface area contributed by atoms with Crippen molar-refractivity contribution in [2.75, 3.05) is 71.6 Å². The van der Waals surface area contributed by atoms with Crippen molar-refractivity contribution in [2.45, 2.75) is 25.7 Å². The average molecular weight is 484 g/mol. The molecule has 2 aromatic rings. The lowest BCUT2D eigenvalue weighted by molar-refractivity contribution is 0.102. The Kier molecular flexibility index (Phi) is 7.12. The quantitative estimate of drug-likeness (QED) is 0.388. The summed E-state index contributed by atoms with van der Waals surface area (Å²) in [5.74, 6) is 1.86. The molecule has 0 radical (unpaired) electrons. The molecule has 5 rings (SSSR count). The second-order valence-corrected chi connectivity index (χ2v) is 10.2. The van der Waals surface area contributed by atoms with Crippen molar-refractivity contribution in [1.29, 1.82) is 0 Å². The van der Waals surface area contributed by atoms with Crippen molar-refractivity contribution in [2.24, 2.45) is 5.41 Å². The third-order valence-corrected chi connectivity index (χ3v) is 7.83. The van der Waals surface area contributed by atoms with E-state index in [1.807, 2.05) is 30.3 Å². The van der Waals surface area contributed by atoms with E-state index >= 15 is 0 Å². The maximum Gasteiger partial charge on any atom is 0.258 e. The number of nitrogens with one attached hydrogen (secondary N) is 2. The molecule has 3 fully saturated rings. The number of nitrogens with zero attached hydrogens (tertiary/aromatic N) is 3. The largest absolute Gasteiger partial charge is 0.395 e. The number of hydrogen-bond donors (Lipinski definition) is 3. The lowest BCUT2D eigenvalue weighted by Crippen LogP contribution is -2.37. The molecular formula is C25H33N5O3S. The highest BCUT2D eigenvalue weighted by Gasteiger charge is 2.44. The van der Waals surface area contributed by atoms with Gasteiger partial charge in [-0.05, 0) is 61.4 Å². The van der Waals surface area contributed by atoms with E-state index in [9.17, 15) is 4.79 Å². The van der Waals surface area contributed by atoms with Crippen LogP contribution in [0.3, 0.4) is 0 Å². The molecule has 3 heterocycles. The van der Waals surface area contributed by atoms with Gasteiger partial charge >= 0.3 is 0 Å². The first-order valence-electron chi connectivity index (χ1n) is 12.1. The van der Waals surface area contributed by atoms with Crippen LogP contribution in [-0.2, 0) is 4.74 Å². The van der Waals surface area contributed by atoms with Crippen molar-refractivity contribution in [3.63, 3.8) is 0 Å². The summed E-state index contributed by atoms with van der Waals surface area (Å²) in [4.78, 5) is 22.6. The Morgan fingerprint density at radius 2 is 1.85 bits per heavy atom. The molecule has 34 heavy (non-hydrogen) atoms. The van der Waals surface area contributed by atoms with Gasteiger partial charge in [-0.3, -0.25) is 4.79 Å². The zero-order valence-electron chi connectivity index (χ0n) is 19.5. The van der Waals surface area contributed by atoms with Gasteiger partial charge in [0, 0.05) is 37.6 Å². The molecule has 1 aromatic carbocycles. The fourth-order valence-corrected chi connectivity index (χ4v) is 5.26. The predicted octanol–water partition coefficient (Wildman–Crippen LogP) is 3.60. The summed E-state index contributed by atoms with van der Waals surface area (Å²) in [6, 6.07) is 11.6. The zero-order chi connectivity index (χ0) is 23.4. The molecule has 1 aliphatic carbocycles. The van der Waals surface area contributed by atoms with E-state index in [2.05, 4.69) is 30.9 Å². The minimum absolute atomic E-state index is 0.121. The molecular weight excluding hydrogens is 450 g/mol. The second-order valence-electron chi connectivity index (χ2n) is 9.33. The van der Waals surface area contributed by atoms with Crippen molar-refractivity contribution < 1.29 is 14.6 Å². The number of aliphatic hydroxyl groups excluding tert-OH is 1. The Balaban J connectivity index is 1.34. The highest BCUT2D eigenvalue weighted by Crippen LogP contribution is 2.54. The van der Waals surface area contributed by atoms with Crippen LogP contribution < -0.4 is 19.8 Å². The Morgan fingerprint density at radius 1 is 1.06 bits per heavy atom. The topological polar surface area (TPSA) is 90.0 Å². The zero-order valence-corrected chi connectivity index (χ0v) is 20.3. The molecule has 1 aromatic heterocycles. The Hall–Kier alpha value is -2.49. The van der Waals surface area contributed by atoms with Crippen LogP contribution in [-0.4, -0.2) is 67.8 Å². The van der Waals surface area contributed by atoms with Gasteiger partial charge in [-0.15, -0.1) is 0 Å². The summed E-state index contributed by atoms with van der Waals surface area (Å²) in [5.41, 5.74) is 3.11. The number of aliphatic hydroxyl groups is 1. The SMILES string of the molecule is O=C(Nc1cccc(N2CCOCC2)n1)c1ccc(NSCCO)cc1N1CCC2(CC1)CC2. The van der Waals surface area contributed by atoms with Crippen LogP contribution in [0.5, 0.6) is 0 Å². The molecule has 1 spiro atoms. The summed E-state index contributed by atoms with van der Waals surface area (Å²) < 4.78 is 8.72. The third-order valence-electron chi connectivity index (χ3n) is 7.06. The number of carbonyl (C=O) groups excluding carboxylic acids is 1. The Morgan fingerprint density at radius 3 is 2.59 bits per heavy atom. The molecule has 0 bridgehead atoms.